The number of anilines is 1. The lowest BCUT2D eigenvalue weighted by molar-refractivity contribution is 0.0953. The van der Waals surface area contributed by atoms with Crippen LogP contribution in [0.15, 0.2) is 18.2 Å². The number of amides is 1. The first-order valence-corrected chi connectivity index (χ1v) is 7.77. The Morgan fingerprint density at radius 2 is 2.05 bits per heavy atom. The molecule has 1 aromatic rings. The zero-order chi connectivity index (χ0) is 14.4. The molecule has 20 heavy (non-hydrogen) atoms. The molecule has 1 aromatic carbocycles. The van der Waals surface area contributed by atoms with E-state index in [1.165, 1.54) is 32.1 Å². The lowest BCUT2D eigenvalue weighted by atomic mass is 10.0. The minimum absolute atomic E-state index is 0.0285. The van der Waals surface area contributed by atoms with Gasteiger partial charge in [-0.1, -0.05) is 31.7 Å². The number of hydrogen-bond acceptors (Lipinski definition) is 2. The van der Waals surface area contributed by atoms with Gasteiger partial charge in [-0.15, -0.1) is 0 Å². The minimum atomic E-state index is 0.0285. The molecule has 3 nitrogen and oxygen atoms in total. The molecule has 2 N–H and O–H groups in total. The van der Waals surface area contributed by atoms with Gasteiger partial charge >= 0.3 is 0 Å². The monoisotopic (exact) mass is 274 g/mol. The number of benzene rings is 1. The van der Waals surface area contributed by atoms with Crippen LogP contribution in [0.3, 0.4) is 0 Å². The van der Waals surface area contributed by atoms with Gasteiger partial charge in [-0.25, -0.2) is 0 Å². The summed E-state index contributed by atoms with van der Waals surface area (Å²) in [6, 6.07) is 5.88. The summed E-state index contributed by atoms with van der Waals surface area (Å²) >= 11 is 0. The summed E-state index contributed by atoms with van der Waals surface area (Å²) in [4.78, 5) is 12.2. The molecule has 0 bridgehead atoms. The SMILES string of the molecule is CNc1cc(C)ccc1C(=O)NCCCC1CCCC1. The third-order valence-electron chi connectivity index (χ3n) is 4.24. The zero-order valence-electron chi connectivity index (χ0n) is 12.7. The Hall–Kier alpha value is -1.51. The van der Waals surface area contributed by atoms with Crippen molar-refractivity contribution < 1.29 is 4.79 Å². The molecule has 0 aromatic heterocycles. The lowest BCUT2D eigenvalue weighted by Gasteiger charge is -2.12. The number of nitrogens with one attached hydrogen (secondary N) is 2. The van der Waals surface area contributed by atoms with Crippen LogP contribution >= 0.6 is 0 Å². The molecule has 1 aliphatic rings. The molecule has 0 radical (unpaired) electrons. The highest BCUT2D eigenvalue weighted by Gasteiger charge is 2.15. The number of carbonyl (C=O) groups excluding carboxylic acids is 1. The minimum Gasteiger partial charge on any atom is -0.387 e. The van der Waals surface area contributed by atoms with Crippen molar-refractivity contribution in [2.24, 2.45) is 5.92 Å². The Balaban J connectivity index is 1.79. The normalized spacial score (nSPS) is 15.3. The molecule has 110 valence electrons. The standard InChI is InChI=1S/C17H26N2O/c1-13-9-10-15(16(12-13)18-2)17(20)19-11-5-8-14-6-3-4-7-14/h9-10,12,14,18H,3-8,11H2,1-2H3,(H,19,20). The van der Waals surface area contributed by atoms with Gasteiger partial charge in [-0.3, -0.25) is 4.79 Å². The number of aryl methyl sites for hydroxylation is 1. The maximum atomic E-state index is 12.2. The number of rotatable bonds is 6. The van der Waals surface area contributed by atoms with Crippen molar-refractivity contribution in [1.29, 1.82) is 0 Å². The summed E-state index contributed by atoms with van der Waals surface area (Å²) in [7, 11) is 1.85. The van der Waals surface area contributed by atoms with Crippen molar-refractivity contribution in [3.63, 3.8) is 0 Å². The highest BCUT2D eigenvalue weighted by Crippen LogP contribution is 2.28. The Morgan fingerprint density at radius 3 is 2.75 bits per heavy atom. The first-order chi connectivity index (χ1) is 9.70. The van der Waals surface area contributed by atoms with E-state index in [-0.39, 0.29) is 5.91 Å². The molecule has 1 amide bonds. The first-order valence-electron chi connectivity index (χ1n) is 7.77. The van der Waals surface area contributed by atoms with Gasteiger partial charge in [0.05, 0.1) is 5.56 Å². The molecule has 0 aliphatic heterocycles. The van der Waals surface area contributed by atoms with Crippen molar-refractivity contribution in [3.8, 4) is 0 Å². The van der Waals surface area contributed by atoms with E-state index in [9.17, 15) is 4.79 Å². The van der Waals surface area contributed by atoms with Crippen LogP contribution in [0.1, 0.15) is 54.4 Å². The van der Waals surface area contributed by atoms with Gasteiger partial charge in [-0.05, 0) is 43.4 Å². The molecule has 1 fully saturated rings. The van der Waals surface area contributed by atoms with Gasteiger partial charge in [0.15, 0.2) is 0 Å². The average Bonchev–Trinajstić information content (AvgIpc) is 2.96. The van der Waals surface area contributed by atoms with Crippen LogP contribution in [0.2, 0.25) is 0 Å². The predicted octanol–water partition coefficient (Wildman–Crippen LogP) is 3.74. The van der Waals surface area contributed by atoms with Gasteiger partial charge in [0, 0.05) is 19.3 Å². The zero-order valence-corrected chi connectivity index (χ0v) is 12.7. The van der Waals surface area contributed by atoms with Crippen molar-refractivity contribution in [1.82, 2.24) is 5.32 Å². The van der Waals surface area contributed by atoms with Gasteiger partial charge in [0.1, 0.15) is 0 Å². The molecular formula is C17H26N2O. The maximum Gasteiger partial charge on any atom is 0.253 e. The third kappa shape index (κ3) is 3.99. The van der Waals surface area contributed by atoms with Crippen LogP contribution in [0.5, 0.6) is 0 Å². The van der Waals surface area contributed by atoms with Crippen LogP contribution < -0.4 is 10.6 Å². The van der Waals surface area contributed by atoms with E-state index < -0.39 is 0 Å². The molecule has 2 rings (SSSR count). The Bertz CT molecular complexity index is 450. The molecular weight excluding hydrogens is 248 g/mol. The first kappa shape index (κ1) is 14.9. The van der Waals surface area contributed by atoms with Crippen LogP contribution in [0, 0.1) is 12.8 Å². The predicted molar refractivity (Wildman–Crippen MR) is 84.3 cm³/mol. The van der Waals surface area contributed by atoms with Gasteiger partial charge < -0.3 is 10.6 Å². The maximum absolute atomic E-state index is 12.2. The second-order valence-electron chi connectivity index (χ2n) is 5.85. The van der Waals surface area contributed by atoms with Crippen molar-refractivity contribution >= 4 is 11.6 Å². The van der Waals surface area contributed by atoms with Crippen molar-refractivity contribution in [2.75, 3.05) is 18.9 Å². The smallest absolute Gasteiger partial charge is 0.253 e. The Labute approximate surface area is 122 Å². The molecule has 0 spiro atoms. The fourth-order valence-corrected chi connectivity index (χ4v) is 3.05. The summed E-state index contributed by atoms with van der Waals surface area (Å²) < 4.78 is 0. The molecule has 3 heteroatoms. The Morgan fingerprint density at radius 1 is 1.30 bits per heavy atom. The number of carbonyl (C=O) groups is 1. The molecule has 0 atom stereocenters. The molecule has 0 heterocycles. The summed E-state index contributed by atoms with van der Waals surface area (Å²) in [5, 5.41) is 6.13. The van der Waals surface area contributed by atoms with E-state index in [0.29, 0.717) is 0 Å². The topological polar surface area (TPSA) is 41.1 Å². The highest BCUT2D eigenvalue weighted by molar-refractivity contribution is 5.99. The van der Waals surface area contributed by atoms with Crippen LogP contribution in [0.4, 0.5) is 5.69 Å². The number of hydrogen-bond donors (Lipinski definition) is 2. The van der Waals surface area contributed by atoms with E-state index >= 15 is 0 Å². The second-order valence-corrected chi connectivity index (χ2v) is 5.85. The van der Waals surface area contributed by atoms with E-state index in [0.717, 1.165) is 35.7 Å². The lowest BCUT2D eigenvalue weighted by Crippen LogP contribution is -2.25. The molecule has 0 unspecified atom stereocenters. The molecule has 0 saturated heterocycles. The quantitative estimate of drug-likeness (QED) is 0.776. The van der Waals surface area contributed by atoms with Gasteiger partial charge in [-0.2, -0.15) is 0 Å². The van der Waals surface area contributed by atoms with E-state index in [2.05, 4.69) is 10.6 Å². The van der Waals surface area contributed by atoms with Gasteiger partial charge in [0.25, 0.3) is 5.91 Å². The van der Waals surface area contributed by atoms with Crippen LogP contribution in [0.25, 0.3) is 0 Å². The second kappa shape index (κ2) is 7.32. The van der Waals surface area contributed by atoms with Crippen molar-refractivity contribution in [3.05, 3.63) is 29.3 Å². The van der Waals surface area contributed by atoms with E-state index in [4.69, 9.17) is 0 Å². The van der Waals surface area contributed by atoms with E-state index in [1.807, 2.05) is 32.2 Å². The fraction of sp³-hybridized carbons (Fsp3) is 0.588. The van der Waals surface area contributed by atoms with Crippen LogP contribution in [-0.2, 0) is 0 Å². The Kier molecular flexibility index (Phi) is 5.45. The van der Waals surface area contributed by atoms with E-state index in [1.54, 1.807) is 0 Å². The summed E-state index contributed by atoms with van der Waals surface area (Å²) in [5.74, 6) is 0.930. The van der Waals surface area contributed by atoms with Gasteiger partial charge in [0.2, 0.25) is 0 Å². The summed E-state index contributed by atoms with van der Waals surface area (Å²) in [5.41, 5.74) is 2.80. The fourth-order valence-electron chi connectivity index (χ4n) is 3.05. The van der Waals surface area contributed by atoms with Crippen molar-refractivity contribution in [2.45, 2.75) is 45.4 Å². The highest BCUT2D eigenvalue weighted by atomic mass is 16.1. The molecule has 1 saturated carbocycles. The van der Waals surface area contributed by atoms with Crippen LogP contribution in [-0.4, -0.2) is 19.5 Å². The average molecular weight is 274 g/mol. The summed E-state index contributed by atoms with van der Waals surface area (Å²) in [6.45, 7) is 2.82. The molecule has 1 aliphatic carbocycles. The third-order valence-corrected chi connectivity index (χ3v) is 4.24. The largest absolute Gasteiger partial charge is 0.387 e. The summed E-state index contributed by atoms with van der Waals surface area (Å²) in [6.07, 6.45) is 7.91.